The zero-order chi connectivity index (χ0) is 20.3. The number of hydrogen-bond donors (Lipinski definition) is 1. The van der Waals surface area contributed by atoms with E-state index >= 15 is 0 Å². The van der Waals surface area contributed by atoms with Crippen LogP contribution in [0.5, 0.6) is 0 Å². The first kappa shape index (κ1) is 20.5. The highest BCUT2D eigenvalue weighted by Crippen LogP contribution is 2.32. The van der Waals surface area contributed by atoms with Gasteiger partial charge in [0.15, 0.2) is 5.13 Å². The Morgan fingerprint density at radius 3 is 2.36 bits per heavy atom. The van der Waals surface area contributed by atoms with E-state index in [1.807, 2.05) is 36.1 Å². The first-order valence-electron chi connectivity index (χ1n) is 10.0. The summed E-state index contributed by atoms with van der Waals surface area (Å²) < 4.78 is 1.14. The maximum absolute atomic E-state index is 13.4. The zero-order valence-corrected chi connectivity index (χ0v) is 18.3. The number of benzene rings is 2. The summed E-state index contributed by atoms with van der Waals surface area (Å²) in [5.41, 5.74) is 5.26. The Balaban J connectivity index is 1.98. The summed E-state index contributed by atoms with van der Waals surface area (Å²) in [5.74, 6) is 0.0278. The van der Waals surface area contributed by atoms with Gasteiger partial charge < -0.3 is 4.90 Å². The van der Waals surface area contributed by atoms with E-state index in [1.165, 1.54) is 10.5 Å². The first-order valence-corrected chi connectivity index (χ1v) is 10.8. The molecule has 5 heteroatoms. The maximum Gasteiger partial charge on any atom is 0.260 e. The molecule has 0 fully saturated rings. The van der Waals surface area contributed by atoms with Crippen LogP contribution < -0.4 is 9.80 Å². The summed E-state index contributed by atoms with van der Waals surface area (Å²) in [5, 5.41) is 0.792. The number of nitrogens with one attached hydrogen (secondary N) is 1. The number of amides is 1. The lowest BCUT2D eigenvalue weighted by molar-refractivity contribution is -0.894. The van der Waals surface area contributed by atoms with Crippen LogP contribution in [0.2, 0.25) is 0 Å². The van der Waals surface area contributed by atoms with Gasteiger partial charge in [0.2, 0.25) is 0 Å². The highest BCUT2D eigenvalue weighted by Gasteiger charge is 2.23. The molecule has 0 saturated heterocycles. The second-order valence-electron chi connectivity index (χ2n) is 7.45. The number of thiazole rings is 1. The van der Waals surface area contributed by atoms with Crippen molar-refractivity contribution in [1.29, 1.82) is 0 Å². The van der Waals surface area contributed by atoms with Gasteiger partial charge in [0.05, 0.1) is 36.4 Å². The van der Waals surface area contributed by atoms with E-state index in [4.69, 9.17) is 4.98 Å². The monoisotopic (exact) mass is 396 g/mol. The largest absolute Gasteiger partial charge is 0.334 e. The number of carbonyl (C=O) groups excluding carboxylic acids is 1. The summed E-state index contributed by atoms with van der Waals surface area (Å²) in [7, 11) is 0. The fraction of sp³-hybridized carbons (Fsp3) is 0.391. The number of carbonyl (C=O) groups is 1. The Labute approximate surface area is 171 Å². The molecule has 1 N–H and O–H groups in total. The van der Waals surface area contributed by atoms with E-state index in [0.29, 0.717) is 12.1 Å². The molecule has 0 aliphatic rings. The fourth-order valence-electron chi connectivity index (χ4n) is 3.48. The fourth-order valence-corrected chi connectivity index (χ4v) is 4.65. The van der Waals surface area contributed by atoms with Crippen molar-refractivity contribution in [3.8, 4) is 0 Å². The van der Waals surface area contributed by atoms with Crippen LogP contribution in [0.4, 0.5) is 5.13 Å². The molecule has 1 aromatic heterocycles. The highest BCUT2D eigenvalue weighted by molar-refractivity contribution is 7.22. The van der Waals surface area contributed by atoms with Crippen LogP contribution in [0.3, 0.4) is 0 Å². The minimum absolute atomic E-state index is 0.0278. The van der Waals surface area contributed by atoms with Crippen molar-refractivity contribution in [2.75, 3.05) is 31.1 Å². The number of rotatable bonds is 7. The number of aryl methyl sites for hydroxylation is 3. The molecule has 0 spiro atoms. The quantitative estimate of drug-likeness (QED) is 0.660. The smallest absolute Gasteiger partial charge is 0.260 e. The Morgan fingerprint density at radius 1 is 1.04 bits per heavy atom. The van der Waals surface area contributed by atoms with Gasteiger partial charge in [0, 0.05) is 5.56 Å². The molecule has 0 unspecified atom stereocenters. The molecule has 148 valence electrons. The third kappa shape index (κ3) is 4.42. The molecule has 28 heavy (non-hydrogen) atoms. The van der Waals surface area contributed by atoms with Crippen LogP contribution in [-0.2, 0) is 0 Å². The minimum atomic E-state index is 0.0278. The predicted molar refractivity (Wildman–Crippen MR) is 119 cm³/mol. The molecule has 0 aliphatic heterocycles. The number of fused-ring (bicyclic) bond motifs is 1. The molecule has 0 saturated carbocycles. The summed E-state index contributed by atoms with van der Waals surface area (Å²) >= 11 is 1.61. The van der Waals surface area contributed by atoms with Gasteiger partial charge in [-0.1, -0.05) is 35.1 Å². The van der Waals surface area contributed by atoms with Gasteiger partial charge in [-0.3, -0.25) is 9.69 Å². The van der Waals surface area contributed by atoms with E-state index in [1.54, 1.807) is 11.3 Å². The van der Waals surface area contributed by atoms with E-state index in [2.05, 4.69) is 39.8 Å². The summed E-state index contributed by atoms with van der Waals surface area (Å²) in [6.45, 7) is 14.3. The van der Waals surface area contributed by atoms with Crippen molar-refractivity contribution in [2.24, 2.45) is 0 Å². The Bertz CT molecular complexity index is 958. The molecule has 0 radical (unpaired) electrons. The molecule has 0 aliphatic carbocycles. The molecule has 4 nitrogen and oxygen atoms in total. The topological polar surface area (TPSA) is 37.6 Å². The van der Waals surface area contributed by atoms with Crippen LogP contribution in [0.1, 0.15) is 40.9 Å². The lowest BCUT2D eigenvalue weighted by Gasteiger charge is -2.23. The van der Waals surface area contributed by atoms with E-state index in [-0.39, 0.29) is 5.91 Å². The average molecular weight is 397 g/mol. The third-order valence-corrected chi connectivity index (χ3v) is 6.31. The van der Waals surface area contributed by atoms with Gasteiger partial charge in [-0.05, 0) is 63.9 Å². The van der Waals surface area contributed by atoms with Crippen molar-refractivity contribution in [3.63, 3.8) is 0 Å². The number of likely N-dealkylation sites (N-methyl/N-ethyl adjacent to an activating group) is 1. The predicted octanol–water partition coefficient (Wildman–Crippen LogP) is 3.79. The second kappa shape index (κ2) is 8.84. The Hall–Kier alpha value is -2.24. The van der Waals surface area contributed by atoms with Gasteiger partial charge in [0.25, 0.3) is 5.91 Å². The van der Waals surface area contributed by atoms with Gasteiger partial charge >= 0.3 is 0 Å². The molecule has 3 aromatic rings. The van der Waals surface area contributed by atoms with Crippen LogP contribution in [-0.4, -0.2) is 37.1 Å². The first-order chi connectivity index (χ1) is 13.4. The molecule has 0 bridgehead atoms. The van der Waals surface area contributed by atoms with Crippen LogP contribution >= 0.6 is 11.3 Å². The number of nitrogens with zero attached hydrogens (tertiary/aromatic N) is 2. The van der Waals surface area contributed by atoms with Crippen LogP contribution in [0.25, 0.3) is 10.2 Å². The third-order valence-electron chi connectivity index (χ3n) is 5.28. The van der Waals surface area contributed by atoms with Crippen LogP contribution in [0, 0.1) is 20.8 Å². The average Bonchev–Trinajstić information content (AvgIpc) is 3.09. The maximum atomic E-state index is 13.4. The lowest BCUT2D eigenvalue weighted by atomic mass is 10.1. The number of quaternary nitrogens is 1. The van der Waals surface area contributed by atoms with E-state index in [0.717, 1.165) is 46.1 Å². The standard InChI is InChI=1S/C23H29N3OS/c1-6-25(7-2)12-13-26(22(27)19-10-8-16(3)9-11-19)23-24-21-18(5)14-17(4)15-20(21)28-23/h8-11,14-15H,6-7,12-13H2,1-5H3/p+1. The Kier molecular flexibility index (Phi) is 6.47. The van der Waals surface area contributed by atoms with E-state index < -0.39 is 0 Å². The normalized spacial score (nSPS) is 11.4. The van der Waals surface area contributed by atoms with Crippen molar-refractivity contribution in [2.45, 2.75) is 34.6 Å². The van der Waals surface area contributed by atoms with Crippen LogP contribution in [0.15, 0.2) is 36.4 Å². The van der Waals surface area contributed by atoms with E-state index in [9.17, 15) is 4.79 Å². The van der Waals surface area contributed by atoms with Crippen molar-refractivity contribution < 1.29 is 9.69 Å². The molecule has 2 aromatic carbocycles. The van der Waals surface area contributed by atoms with Gasteiger partial charge in [-0.15, -0.1) is 0 Å². The molecule has 1 amide bonds. The molecule has 3 rings (SSSR count). The van der Waals surface area contributed by atoms with Gasteiger partial charge in [0.1, 0.15) is 0 Å². The number of aromatic nitrogens is 1. The van der Waals surface area contributed by atoms with Crippen molar-refractivity contribution >= 4 is 32.6 Å². The molecule has 0 atom stereocenters. The summed E-state index contributed by atoms with van der Waals surface area (Å²) in [6.07, 6.45) is 0. The molecular formula is C23H30N3OS+. The second-order valence-corrected chi connectivity index (χ2v) is 8.46. The van der Waals surface area contributed by atoms with Gasteiger partial charge in [-0.25, -0.2) is 4.98 Å². The molecule has 1 heterocycles. The lowest BCUT2D eigenvalue weighted by Crippen LogP contribution is -3.12. The summed E-state index contributed by atoms with van der Waals surface area (Å²) in [6, 6.07) is 12.1. The molecular weight excluding hydrogens is 366 g/mol. The van der Waals surface area contributed by atoms with Crippen molar-refractivity contribution in [1.82, 2.24) is 4.98 Å². The zero-order valence-electron chi connectivity index (χ0n) is 17.5. The Morgan fingerprint density at radius 2 is 1.71 bits per heavy atom. The van der Waals surface area contributed by atoms with Crippen molar-refractivity contribution in [3.05, 3.63) is 58.7 Å². The highest BCUT2D eigenvalue weighted by atomic mass is 32.1. The minimum Gasteiger partial charge on any atom is -0.334 e. The SMILES string of the molecule is CC[NH+](CC)CCN(C(=O)c1ccc(C)cc1)c1nc2c(C)cc(C)cc2s1. The summed E-state index contributed by atoms with van der Waals surface area (Å²) in [4.78, 5) is 21.6. The number of anilines is 1. The number of hydrogen-bond acceptors (Lipinski definition) is 3. The van der Waals surface area contributed by atoms with Gasteiger partial charge in [-0.2, -0.15) is 0 Å².